The Hall–Kier alpha value is -4.75. The van der Waals surface area contributed by atoms with Crippen LogP contribution in [0.4, 0.5) is 4.79 Å². The lowest BCUT2D eigenvalue weighted by molar-refractivity contribution is -0.140. The third kappa shape index (κ3) is 8.38. The van der Waals surface area contributed by atoms with E-state index < -0.39 is 42.5 Å². The second-order valence-electron chi connectivity index (χ2n) is 8.43. The van der Waals surface area contributed by atoms with Gasteiger partial charge in [-0.2, -0.15) is 4.98 Å². The van der Waals surface area contributed by atoms with E-state index in [0.29, 0.717) is 5.56 Å². The number of piperazine rings is 1. The van der Waals surface area contributed by atoms with Crippen LogP contribution >= 0.6 is 0 Å². The number of aromatic nitrogens is 2. The van der Waals surface area contributed by atoms with E-state index in [1.807, 2.05) is 0 Å². The molecule has 0 radical (unpaired) electrons. The molecular weight excluding hydrogens is 514 g/mol. The molecule has 1 aliphatic heterocycles. The van der Waals surface area contributed by atoms with Crippen molar-refractivity contribution in [1.82, 2.24) is 25.1 Å². The second-order valence-corrected chi connectivity index (χ2v) is 8.43. The van der Waals surface area contributed by atoms with Crippen molar-refractivity contribution in [3.05, 3.63) is 42.1 Å². The molecule has 1 fully saturated rings. The highest BCUT2D eigenvalue weighted by molar-refractivity contribution is 5.96. The third-order valence-electron chi connectivity index (χ3n) is 5.68. The van der Waals surface area contributed by atoms with E-state index in [0.717, 1.165) is 6.07 Å². The van der Waals surface area contributed by atoms with Crippen LogP contribution in [-0.4, -0.2) is 105 Å². The lowest BCUT2D eigenvalue weighted by atomic mass is 10.1. The van der Waals surface area contributed by atoms with Gasteiger partial charge in [-0.25, -0.2) is 14.6 Å². The Bertz CT molecular complexity index is 1200. The van der Waals surface area contributed by atoms with Gasteiger partial charge in [-0.3, -0.25) is 14.4 Å². The fraction of sp³-hybridized carbons (Fsp3) is 0.400. The smallest absolute Gasteiger partial charge is 0.409 e. The van der Waals surface area contributed by atoms with E-state index in [9.17, 15) is 29.1 Å². The van der Waals surface area contributed by atoms with E-state index in [2.05, 4.69) is 15.3 Å². The van der Waals surface area contributed by atoms with Crippen LogP contribution in [0.1, 0.15) is 30.3 Å². The number of carbonyl (C=O) groups is 5. The summed E-state index contributed by atoms with van der Waals surface area (Å²) in [5.41, 5.74) is 0.329. The summed E-state index contributed by atoms with van der Waals surface area (Å²) in [6.07, 6.45) is -1.05. The maximum absolute atomic E-state index is 13.3. The molecule has 3 N–H and O–H groups in total. The zero-order valence-corrected chi connectivity index (χ0v) is 21.2. The van der Waals surface area contributed by atoms with Crippen molar-refractivity contribution in [3.63, 3.8) is 0 Å². The molecule has 1 aromatic carbocycles. The molecule has 1 atom stereocenters. The number of carbonyl (C=O) groups excluding carboxylic acids is 3. The van der Waals surface area contributed by atoms with Crippen LogP contribution in [0, 0.1) is 0 Å². The summed E-state index contributed by atoms with van der Waals surface area (Å²) in [5.74, 6) is -3.78. The number of hydrogen-bond donors (Lipinski definition) is 3. The van der Waals surface area contributed by atoms with Crippen LogP contribution in [0.3, 0.4) is 0 Å². The van der Waals surface area contributed by atoms with Crippen LogP contribution < -0.4 is 10.1 Å². The molecule has 14 heteroatoms. The number of hydrogen-bond acceptors (Lipinski definition) is 9. The van der Waals surface area contributed by atoms with E-state index in [1.54, 1.807) is 37.3 Å². The third-order valence-corrected chi connectivity index (χ3v) is 5.68. The fourth-order valence-corrected chi connectivity index (χ4v) is 3.77. The molecule has 0 unspecified atom stereocenters. The summed E-state index contributed by atoms with van der Waals surface area (Å²) >= 11 is 0. The summed E-state index contributed by atoms with van der Waals surface area (Å²) in [6, 6.07) is 8.55. The Kier molecular flexibility index (Phi) is 10.1. The summed E-state index contributed by atoms with van der Waals surface area (Å²) in [6.45, 7) is 2.01. The number of nitrogens with one attached hydrogen (secondary N) is 1. The molecule has 0 bridgehead atoms. The van der Waals surface area contributed by atoms with E-state index >= 15 is 0 Å². The Morgan fingerprint density at radius 2 is 1.64 bits per heavy atom. The molecule has 14 nitrogen and oxygen atoms in total. The van der Waals surface area contributed by atoms with Crippen LogP contribution in [0.5, 0.6) is 5.88 Å². The highest BCUT2D eigenvalue weighted by Gasteiger charge is 2.31. The maximum Gasteiger partial charge on any atom is 0.409 e. The first-order chi connectivity index (χ1) is 18.7. The van der Waals surface area contributed by atoms with Gasteiger partial charge in [0.05, 0.1) is 6.61 Å². The van der Waals surface area contributed by atoms with Crippen molar-refractivity contribution in [2.45, 2.75) is 25.8 Å². The van der Waals surface area contributed by atoms with Gasteiger partial charge in [0.2, 0.25) is 11.8 Å². The first-order valence-electron chi connectivity index (χ1n) is 12.2. The summed E-state index contributed by atoms with van der Waals surface area (Å²) in [5, 5.41) is 20.7. The fourth-order valence-electron chi connectivity index (χ4n) is 3.77. The molecule has 208 valence electrons. The number of carboxylic acids is 2. The number of benzene rings is 1. The van der Waals surface area contributed by atoms with Crippen LogP contribution in [0.2, 0.25) is 0 Å². The standard InChI is InChI=1S/C25H29N5O9/c1-2-38-25(37)30-12-10-29(11-13-30)24(36)17(8-9-20(31)32)27-23(35)18-14-19(39-15-21(33)34)28-22(26-18)16-6-4-3-5-7-16/h3-7,14,17H,2,8-13,15H2,1H3,(H,27,35)(H,31,32)(H,33,34)/t17-/m0/s1. The van der Waals surface area contributed by atoms with Gasteiger partial charge in [-0.1, -0.05) is 30.3 Å². The Morgan fingerprint density at radius 1 is 0.974 bits per heavy atom. The minimum absolute atomic E-state index is 0.0899. The molecule has 2 aromatic rings. The average Bonchev–Trinajstić information content (AvgIpc) is 2.94. The van der Waals surface area contributed by atoms with Crippen molar-refractivity contribution in [2.75, 3.05) is 39.4 Å². The van der Waals surface area contributed by atoms with E-state index in [4.69, 9.17) is 14.6 Å². The molecule has 1 aliphatic rings. The van der Waals surface area contributed by atoms with Gasteiger partial charge in [-0.15, -0.1) is 0 Å². The number of aliphatic carboxylic acids is 2. The SMILES string of the molecule is CCOC(=O)N1CCN(C(=O)[C@H](CCC(=O)O)NC(=O)c2cc(OCC(=O)O)nc(-c3ccccc3)n2)CC1. The second kappa shape index (κ2) is 13.7. The average molecular weight is 544 g/mol. The maximum atomic E-state index is 13.3. The molecule has 1 aromatic heterocycles. The lowest BCUT2D eigenvalue weighted by Gasteiger charge is -2.35. The predicted octanol–water partition coefficient (Wildman–Crippen LogP) is 0.871. The minimum Gasteiger partial charge on any atom is -0.481 e. The highest BCUT2D eigenvalue weighted by Crippen LogP contribution is 2.20. The molecule has 0 saturated carbocycles. The van der Waals surface area contributed by atoms with Crippen molar-refractivity contribution >= 4 is 29.8 Å². The lowest BCUT2D eigenvalue weighted by Crippen LogP contribution is -2.56. The molecule has 1 saturated heterocycles. The molecule has 0 spiro atoms. The topological polar surface area (TPSA) is 189 Å². The van der Waals surface area contributed by atoms with E-state index in [-0.39, 0.29) is 63.0 Å². The van der Waals surface area contributed by atoms with Crippen molar-refractivity contribution < 1.29 is 43.7 Å². The Morgan fingerprint density at radius 3 is 2.26 bits per heavy atom. The van der Waals surface area contributed by atoms with Crippen molar-refractivity contribution in [2.24, 2.45) is 0 Å². The van der Waals surface area contributed by atoms with Gasteiger partial charge >= 0.3 is 18.0 Å². The summed E-state index contributed by atoms with van der Waals surface area (Å²) in [7, 11) is 0. The van der Waals surface area contributed by atoms with Crippen LogP contribution in [0.25, 0.3) is 11.4 Å². The molecule has 3 amide bonds. The van der Waals surface area contributed by atoms with Gasteiger partial charge in [0, 0.05) is 44.2 Å². The van der Waals surface area contributed by atoms with Crippen LogP contribution in [0.15, 0.2) is 36.4 Å². The van der Waals surface area contributed by atoms with Crippen LogP contribution in [-0.2, 0) is 19.1 Å². The van der Waals surface area contributed by atoms with Crippen molar-refractivity contribution in [3.8, 4) is 17.3 Å². The van der Waals surface area contributed by atoms with Gasteiger partial charge in [0.1, 0.15) is 11.7 Å². The largest absolute Gasteiger partial charge is 0.481 e. The van der Waals surface area contributed by atoms with Gasteiger partial charge in [0.25, 0.3) is 5.91 Å². The molecule has 2 heterocycles. The minimum atomic E-state index is -1.25. The molecular formula is C25H29N5O9. The monoisotopic (exact) mass is 543 g/mol. The first-order valence-corrected chi connectivity index (χ1v) is 12.2. The molecule has 3 rings (SSSR count). The zero-order valence-electron chi connectivity index (χ0n) is 21.2. The highest BCUT2D eigenvalue weighted by atomic mass is 16.6. The number of nitrogens with zero attached hydrogens (tertiary/aromatic N) is 4. The Labute approximate surface area is 223 Å². The molecule has 0 aliphatic carbocycles. The number of carboxylic acid groups (broad SMARTS) is 2. The summed E-state index contributed by atoms with van der Waals surface area (Å²) in [4.78, 5) is 72.0. The number of amides is 3. The number of rotatable bonds is 11. The summed E-state index contributed by atoms with van der Waals surface area (Å²) < 4.78 is 10.1. The van der Waals surface area contributed by atoms with Gasteiger partial charge < -0.3 is 34.8 Å². The Balaban J connectivity index is 1.80. The normalized spacial score (nSPS) is 13.8. The van der Waals surface area contributed by atoms with Gasteiger partial charge in [-0.05, 0) is 13.3 Å². The van der Waals surface area contributed by atoms with Crippen molar-refractivity contribution in [1.29, 1.82) is 0 Å². The molecule has 39 heavy (non-hydrogen) atoms. The number of ether oxygens (including phenoxy) is 2. The van der Waals surface area contributed by atoms with Gasteiger partial charge in [0.15, 0.2) is 12.4 Å². The quantitative estimate of drug-likeness (QED) is 0.365. The first kappa shape index (κ1) is 28.8. The van der Waals surface area contributed by atoms with E-state index in [1.165, 1.54) is 9.80 Å². The predicted molar refractivity (Wildman–Crippen MR) is 134 cm³/mol. The zero-order chi connectivity index (χ0) is 28.4.